The van der Waals surface area contributed by atoms with E-state index in [0.29, 0.717) is 0 Å². The van der Waals surface area contributed by atoms with Crippen LogP contribution in [0.4, 0.5) is 0 Å². The lowest BCUT2D eigenvalue weighted by Crippen LogP contribution is -2.11. The summed E-state index contributed by atoms with van der Waals surface area (Å²) >= 11 is 0. The zero-order valence-corrected chi connectivity index (χ0v) is 9.87. The Morgan fingerprint density at radius 1 is 1.27 bits per heavy atom. The van der Waals surface area contributed by atoms with Crippen LogP contribution in [0.2, 0.25) is 0 Å². The molecule has 0 heterocycles. The van der Waals surface area contributed by atoms with Crippen molar-refractivity contribution in [3.63, 3.8) is 0 Å². The van der Waals surface area contributed by atoms with Crippen LogP contribution in [0.1, 0.15) is 33.3 Å². The molecule has 1 rings (SSSR count). The van der Waals surface area contributed by atoms with Crippen LogP contribution in [0.5, 0.6) is 5.75 Å². The first-order valence-electron chi connectivity index (χ1n) is 5.13. The summed E-state index contributed by atoms with van der Waals surface area (Å²) in [6.07, 6.45) is 2.11. The molecule has 2 N–H and O–H groups in total. The smallest absolute Gasteiger partial charge is 0.154 e. The molecule has 0 amide bonds. The number of benzene rings is 1. The fourth-order valence-corrected chi connectivity index (χ4v) is 1.78. The molecule has 0 saturated heterocycles. The molecule has 0 aliphatic carbocycles. The van der Waals surface area contributed by atoms with E-state index in [1.807, 2.05) is 31.2 Å². The van der Waals surface area contributed by atoms with Gasteiger partial charge in [0.05, 0.1) is 0 Å². The molecule has 2 nitrogen and oxygen atoms in total. The molecule has 0 fully saturated rings. The highest BCUT2D eigenvalue weighted by atomic mass is 16.6. The third-order valence-corrected chi connectivity index (χ3v) is 2.40. The molecule has 82 valence electrons. The van der Waals surface area contributed by atoms with Gasteiger partial charge in [-0.25, -0.2) is 0 Å². The summed E-state index contributed by atoms with van der Waals surface area (Å²) in [7, 11) is 0. The van der Waals surface area contributed by atoms with Gasteiger partial charge in [-0.3, -0.25) is 0 Å². The SMILES string of the molecule is C/C=C(\c1ccccc1ON)C(C)(C)C. The van der Waals surface area contributed by atoms with Crippen molar-refractivity contribution in [3.05, 3.63) is 35.9 Å². The van der Waals surface area contributed by atoms with E-state index in [2.05, 4.69) is 26.8 Å². The fourth-order valence-electron chi connectivity index (χ4n) is 1.78. The zero-order chi connectivity index (χ0) is 11.5. The van der Waals surface area contributed by atoms with Gasteiger partial charge in [0.25, 0.3) is 0 Å². The largest absolute Gasteiger partial charge is 0.411 e. The van der Waals surface area contributed by atoms with E-state index in [9.17, 15) is 0 Å². The lowest BCUT2D eigenvalue weighted by molar-refractivity contribution is 0.332. The van der Waals surface area contributed by atoms with Crippen molar-refractivity contribution in [1.82, 2.24) is 0 Å². The molecular formula is C13H19NO. The second-order valence-corrected chi connectivity index (χ2v) is 4.57. The monoisotopic (exact) mass is 205 g/mol. The molecule has 0 aliphatic heterocycles. The number of hydrogen-bond acceptors (Lipinski definition) is 2. The van der Waals surface area contributed by atoms with Crippen LogP contribution in [0.15, 0.2) is 30.3 Å². The zero-order valence-electron chi connectivity index (χ0n) is 9.87. The van der Waals surface area contributed by atoms with Crippen molar-refractivity contribution in [2.75, 3.05) is 0 Å². The Labute approximate surface area is 91.7 Å². The summed E-state index contributed by atoms with van der Waals surface area (Å²) in [5.74, 6) is 5.98. The third-order valence-electron chi connectivity index (χ3n) is 2.40. The fraction of sp³-hybridized carbons (Fsp3) is 0.385. The van der Waals surface area contributed by atoms with Gasteiger partial charge in [-0.15, -0.1) is 0 Å². The molecule has 0 aromatic heterocycles. The maximum atomic E-state index is 5.26. The molecule has 0 bridgehead atoms. The third kappa shape index (κ3) is 2.60. The van der Waals surface area contributed by atoms with Crippen molar-refractivity contribution in [3.8, 4) is 5.75 Å². The van der Waals surface area contributed by atoms with Crippen molar-refractivity contribution < 1.29 is 4.84 Å². The highest BCUT2D eigenvalue weighted by Crippen LogP contribution is 2.37. The lowest BCUT2D eigenvalue weighted by atomic mass is 9.81. The Hall–Kier alpha value is -1.28. The van der Waals surface area contributed by atoms with Crippen LogP contribution in [-0.2, 0) is 0 Å². The van der Waals surface area contributed by atoms with Crippen LogP contribution in [0, 0.1) is 5.41 Å². The topological polar surface area (TPSA) is 35.2 Å². The van der Waals surface area contributed by atoms with Crippen LogP contribution < -0.4 is 10.7 Å². The highest BCUT2D eigenvalue weighted by molar-refractivity contribution is 5.73. The molecule has 1 aromatic carbocycles. The first-order valence-corrected chi connectivity index (χ1v) is 5.13. The molecule has 1 aromatic rings. The second-order valence-electron chi connectivity index (χ2n) is 4.57. The average Bonchev–Trinajstić information content (AvgIpc) is 2.17. The molecule has 0 spiro atoms. The van der Waals surface area contributed by atoms with Gasteiger partial charge >= 0.3 is 0 Å². The molecular weight excluding hydrogens is 186 g/mol. The van der Waals surface area contributed by atoms with Crippen LogP contribution in [-0.4, -0.2) is 0 Å². The summed E-state index contributed by atoms with van der Waals surface area (Å²) < 4.78 is 0. The number of rotatable bonds is 2. The standard InChI is InChI=1S/C13H19NO/c1-5-11(13(2,3)4)10-8-6-7-9-12(10)15-14/h5-9H,14H2,1-4H3/b11-5+. The predicted octanol–water partition coefficient (Wildman–Crippen LogP) is 3.39. The normalized spacial score (nSPS) is 12.7. The van der Waals surface area contributed by atoms with Gasteiger partial charge in [0.2, 0.25) is 0 Å². The molecule has 0 saturated carbocycles. The first-order chi connectivity index (χ1) is 7.00. The van der Waals surface area contributed by atoms with Gasteiger partial charge in [0, 0.05) is 5.56 Å². The van der Waals surface area contributed by atoms with E-state index < -0.39 is 0 Å². The Morgan fingerprint density at radius 3 is 2.33 bits per heavy atom. The minimum absolute atomic E-state index is 0.0867. The van der Waals surface area contributed by atoms with Crippen molar-refractivity contribution in [1.29, 1.82) is 0 Å². The van der Waals surface area contributed by atoms with Gasteiger partial charge in [0.1, 0.15) is 0 Å². The Morgan fingerprint density at radius 2 is 1.87 bits per heavy atom. The van der Waals surface area contributed by atoms with Crippen molar-refractivity contribution in [2.45, 2.75) is 27.7 Å². The van der Waals surface area contributed by atoms with E-state index in [1.165, 1.54) is 5.57 Å². The van der Waals surface area contributed by atoms with Gasteiger partial charge in [0.15, 0.2) is 5.75 Å². The van der Waals surface area contributed by atoms with Gasteiger partial charge in [-0.2, -0.15) is 5.90 Å². The summed E-state index contributed by atoms with van der Waals surface area (Å²) in [4.78, 5) is 4.88. The quantitative estimate of drug-likeness (QED) is 0.751. The van der Waals surface area contributed by atoms with E-state index in [1.54, 1.807) is 0 Å². The Balaban J connectivity index is 3.25. The number of nitrogens with two attached hydrogens (primary N) is 1. The molecule has 0 aliphatic rings. The minimum Gasteiger partial charge on any atom is -0.411 e. The number of hydrogen-bond donors (Lipinski definition) is 1. The minimum atomic E-state index is 0.0867. The molecule has 2 heteroatoms. The molecule has 0 atom stereocenters. The van der Waals surface area contributed by atoms with Crippen LogP contribution in [0.25, 0.3) is 5.57 Å². The van der Waals surface area contributed by atoms with Gasteiger partial charge < -0.3 is 4.84 Å². The van der Waals surface area contributed by atoms with E-state index in [0.717, 1.165) is 11.3 Å². The van der Waals surface area contributed by atoms with Gasteiger partial charge in [-0.1, -0.05) is 45.0 Å². The average molecular weight is 205 g/mol. The summed E-state index contributed by atoms with van der Waals surface area (Å²) in [6, 6.07) is 7.82. The van der Waals surface area contributed by atoms with Crippen molar-refractivity contribution >= 4 is 5.57 Å². The van der Waals surface area contributed by atoms with Gasteiger partial charge in [-0.05, 0) is 24.0 Å². The summed E-state index contributed by atoms with van der Waals surface area (Å²) in [6.45, 7) is 8.56. The summed E-state index contributed by atoms with van der Waals surface area (Å²) in [5, 5.41) is 0. The predicted molar refractivity (Wildman–Crippen MR) is 64.4 cm³/mol. The highest BCUT2D eigenvalue weighted by Gasteiger charge is 2.20. The maximum absolute atomic E-state index is 5.26. The summed E-state index contributed by atoms with van der Waals surface area (Å²) in [5.41, 5.74) is 2.39. The lowest BCUT2D eigenvalue weighted by Gasteiger charge is -2.24. The Kier molecular flexibility index (Phi) is 3.53. The molecule has 15 heavy (non-hydrogen) atoms. The van der Waals surface area contributed by atoms with E-state index in [-0.39, 0.29) is 5.41 Å². The molecule has 0 unspecified atom stereocenters. The van der Waals surface area contributed by atoms with Crippen LogP contribution >= 0.6 is 0 Å². The second kappa shape index (κ2) is 4.49. The number of para-hydroxylation sites is 1. The first kappa shape index (κ1) is 11.8. The maximum Gasteiger partial charge on any atom is 0.154 e. The van der Waals surface area contributed by atoms with E-state index in [4.69, 9.17) is 10.7 Å². The van der Waals surface area contributed by atoms with Crippen LogP contribution in [0.3, 0.4) is 0 Å². The van der Waals surface area contributed by atoms with E-state index >= 15 is 0 Å². The Bertz CT molecular complexity index is 361. The molecule has 0 radical (unpaired) electrons. The van der Waals surface area contributed by atoms with Crippen molar-refractivity contribution in [2.24, 2.45) is 11.3 Å². The number of allylic oxidation sites excluding steroid dienone is 2.